The van der Waals surface area contributed by atoms with Crippen molar-refractivity contribution in [3.63, 3.8) is 0 Å². The highest BCUT2D eigenvalue weighted by Crippen LogP contribution is 2.31. The van der Waals surface area contributed by atoms with Crippen LogP contribution in [0.3, 0.4) is 0 Å². The topological polar surface area (TPSA) is 73.0 Å². The van der Waals surface area contributed by atoms with E-state index in [1.165, 1.54) is 0 Å². The van der Waals surface area contributed by atoms with Crippen molar-refractivity contribution < 1.29 is 9.32 Å². The summed E-state index contributed by atoms with van der Waals surface area (Å²) in [6.07, 6.45) is 3.56. The van der Waals surface area contributed by atoms with E-state index in [1.54, 1.807) is 29.9 Å². The lowest BCUT2D eigenvalue weighted by atomic mass is 10.1. The van der Waals surface area contributed by atoms with E-state index in [9.17, 15) is 4.79 Å². The summed E-state index contributed by atoms with van der Waals surface area (Å²) in [5.41, 5.74) is 2.98. The van der Waals surface area contributed by atoms with E-state index >= 15 is 0 Å². The number of aromatic nitrogens is 3. The minimum Gasteiger partial charge on any atom is -0.360 e. The highest BCUT2D eigenvalue weighted by atomic mass is 35.5. The van der Waals surface area contributed by atoms with Crippen LogP contribution in [0.1, 0.15) is 16.1 Å². The van der Waals surface area contributed by atoms with Crippen molar-refractivity contribution >= 4 is 23.2 Å². The first-order valence-corrected chi connectivity index (χ1v) is 8.64. The van der Waals surface area contributed by atoms with E-state index in [4.69, 9.17) is 16.1 Å². The lowest BCUT2D eigenvalue weighted by Gasteiger charge is -2.08. The number of carbonyl (C=O) groups excluding carboxylic acids is 1. The van der Waals surface area contributed by atoms with E-state index in [-0.39, 0.29) is 5.91 Å². The number of anilines is 1. The van der Waals surface area contributed by atoms with Crippen molar-refractivity contribution in [2.45, 2.75) is 6.92 Å². The van der Waals surface area contributed by atoms with Crippen molar-refractivity contribution in [3.8, 4) is 16.9 Å². The average Bonchev–Trinajstić information content (AvgIpc) is 3.33. The lowest BCUT2D eigenvalue weighted by molar-refractivity contribution is 0.102. The number of carbonyl (C=O) groups is 1. The molecule has 2 aromatic heterocycles. The molecule has 1 N–H and O–H groups in total. The molecule has 7 heteroatoms. The van der Waals surface area contributed by atoms with Gasteiger partial charge in [-0.05, 0) is 43.3 Å². The van der Waals surface area contributed by atoms with Crippen molar-refractivity contribution in [1.29, 1.82) is 0 Å². The Balaban J connectivity index is 1.61. The molecule has 0 saturated carbocycles. The first-order chi connectivity index (χ1) is 13.1. The van der Waals surface area contributed by atoms with Crippen LogP contribution in [0.25, 0.3) is 16.9 Å². The molecule has 0 aliphatic rings. The largest absolute Gasteiger partial charge is 0.360 e. The highest BCUT2D eigenvalue weighted by Gasteiger charge is 2.23. The highest BCUT2D eigenvalue weighted by molar-refractivity contribution is 6.33. The van der Waals surface area contributed by atoms with E-state index < -0.39 is 0 Å². The third kappa shape index (κ3) is 3.35. The average molecular weight is 379 g/mol. The maximum Gasteiger partial charge on any atom is 0.261 e. The molecule has 0 atom stereocenters. The summed E-state index contributed by atoms with van der Waals surface area (Å²) >= 11 is 6.25. The second-order valence-corrected chi connectivity index (χ2v) is 6.30. The fraction of sp³-hybridized carbons (Fsp3) is 0.0500. The monoisotopic (exact) mass is 378 g/mol. The number of nitrogens with one attached hydrogen (secondary N) is 1. The number of amides is 1. The number of aryl methyl sites for hydroxylation is 1. The van der Waals surface area contributed by atoms with Gasteiger partial charge in [0.15, 0.2) is 0 Å². The normalized spacial score (nSPS) is 10.7. The fourth-order valence-electron chi connectivity index (χ4n) is 2.79. The molecule has 0 unspecified atom stereocenters. The van der Waals surface area contributed by atoms with Gasteiger partial charge in [-0.25, -0.2) is 4.68 Å². The number of hydrogen-bond acceptors (Lipinski definition) is 4. The Bertz CT molecular complexity index is 1090. The van der Waals surface area contributed by atoms with Crippen molar-refractivity contribution in [3.05, 3.63) is 83.3 Å². The zero-order valence-electron chi connectivity index (χ0n) is 14.4. The van der Waals surface area contributed by atoms with Gasteiger partial charge in [0.1, 0.15) is 17.0 Å². The minimum atomic E-state index is -0.310. The Morgan fingerprint density at radius 1 is 1.11 bits per heavy atom. The third-order valence-corrected chi connectivity index (χ3v) is 4.44. The quantitative estimate of drug-likeness (QED) is 0.556. The Kier molecular flexibility index (Phi) is 4.48. The Morgan fingerprint density at radius 3 is 2.59 bits per heavy atom. The first kappa shape index (κ1) is 17.1. The van der Waals surface area contributed by atoms with Gasteiger partial charge in [0, 0.05) is 23.6 Å². The van der Waals surface area contributed by atoms with Gasteiger partial charge in [-0.1, -0.05) is 35.0 Å². The van der Waals surface area contributed by atoms with Crippen LogP contribution in [0.5, 0.6) is 0 Å². The number of rotatable bonds is 4. The van der Waals surface area contributed by atoms with Crippen LogP contribution >= 0.6 is 11.6 Å². The molecule has 6 nitrogen and oxygen atoms in total. The summed E-state index contributed by atoms with van der Waals surface area (Å²) in [7, 11) is 0. The zero-order chi connectivity index (χ0) is 18.8. The SMILES string of the molecule is Cc1onc(-c2ccccc2Cl)c1C(=O)Nc1ccc(-n2cccn2)cc1. The zero-order valence-corrected chi connectivity index (χ0v) is 15.1. The summed E-state index contributed by atoms with van der Waals surface area (Å²) < 4.78 is 6.99. The van der Waals surface area contributed by atoms with Crippen LogP contribution in [0.15, 0.2) is 71.5 Å². The van der Waals surface area contributed by atoms with Gasteiger partial charge in [-0.2, -0.15) is 5.10 Å². The molecule has 0 bridgehead atoms. The molecular formula is C20H15ClN4O2. The van der Waals surface area contributed by atoms with Crippen LogP contribution in [-0.4, -0.2) is 20.8 Å². The van der Waals surface area contributed by atoms with Gasteiger partial charge < -0.3 is 9.84 Å². The fourth-order valence-corrected chi connectivity index (χ4v) is 3.01. The second kappa shape index (κ2) is 7.09. The number of hydrogen-bond donors (Lipinski definition) is 1. The van der Waals surface area contributed by atoms with Crippen molar-refractivity contribution in [2.24, 2.45) is 0 Å². The Hall–Kier alpha value is -3.38. The van der Waals surface area contributed by atoms with Gasteiger partial charge in [0.05, 0.1) is 10.7 Å². The van der Waals surface area contributed by atoms with Gasteiger partial charge in [-0.3, -0.25) is 4.79 Å². The summed E-state index contributed by atoms with van der Waals surface area (Å²) in [5.74, 6) is 0.117. The molecule has 134 valence electrons. The molecule has 0 fully saturated rings. The molecule has 4 rings (SSSR count). The maximum atomic E-state index is 12.8. The molecule has 0 aliphatic carbocycles. The molecule has 2 heterocycles. The van der Waals surface area contributed by atoms with Crippen LogP contribution in [0.2, 0.25) is 5.02 Å². The molecular weight excluding hydrogens is 364 g/mol. The number of halogens is 1. The second-order valence-electron chi connectivity index (χ2n) is 5.89. The first-order valence-electron chi connectivity index (χ1n) is 8.26. The third-order valence-electron chi connectivity index (χ3n) is 4.11. The molecule has 2 aromatic carbocycles. The van der Waals surface area contributed by atoms with Gasteiger partial charge in [-0.15, -0.1) is 0 Å². The molecule has 27 heavy (non-hydrogen) atoms. The predicted octanol–water partition coefficient (Wildman–Crippen LogP) is 4.74. The van der Waals surface area contributed by atoms with Gasteiger partial charge in [0.25, 0.3) is 5.91 Å². The van der Waals surface area contributed by atoms with E-state index in [0.717, 1.165) is 5.69 Å². The lowest BCUT2D eigenvalue weighted by Crippen LogP contribution is -2.13. The summed E-state index contributed by atoms with van der Waals surface area (Å²) in [6.45, 7) is 1.70. The standard InChI is InChI=1S/C20H15ClN4O2/c1-13-18(19(24-27-13)16-5-2-3-6-17(16)21)20(26)23-14-7-9-15(10-8-14)25-12-4-11-22-25/h2-12H,1H3,(H,23,26). The molecule has 0 radical (unpaired) electrons. The summed E-state index contributed by atoms with van der Waals surface area (Å²) in [5, 5.41) is 11.6. The van der Waals surface area contributed by atoms with E-state index in [1.807, 2.05) is 48.7 Å². The predicted molar refractivity (Wildman–Crippen MR) is 103 cm³/mol. The Labute approximate surface area is 160 Å². The van der Waals surface area contributed by atoms with Crippen molar-refractivity contribution in [1.82, 2.24) is 14.9 Å². The molecule has 1 amide bonds. The summed E-state index contributed by atoms with van der Waals surface area (Å²) in [6, 6.07) is 16.4. The minimum absolute atomic E-state index is 0.310. The molecule has 0 saturated heterocycles. The van der Waals surface area contributed by atoms with E-state index in [2.05, 4.69) is 15.6 Å². The van der Waals surface area contributed by atoms with Gasteiger partial charge >= 0.3 is 0 Å². The van der Waals surface area contributed by atoms with Crippen LogP contribution in [0.4, 0.5) is 5.69 Å². The Morgan fingerprint density at radius 2 is 1.89 bits per heavy atom. The van der Waals surface area contributed by atoms with Crippen LogP contribution < -0.4 is 5.32 Å². The smallest absolute Gasteiger partial charge is 0.261 e. The van der Waals surface area contributed by atoms with Crippen LogP contribution in [-0.2, 0) is 0 Å². The number of benzene rings is 2. The van der Waals surface area contributed by atoms with E-state index in [0.29, 0.717) is 33.3 Å². The maximum absolute atomic E-state index is 12.8. The number of nitrogens with zero attached hydrogens (tertiary/aromatic N) is 3. The van der Waals surface area contributed by atoms with Crippen LogP contribution in [0, 0.1) is 6.92 Å². The molecule has 4 aromatic rings. The summed E-state index contributed by atoms with van der Waals surface area (Å²) in [4.78, 5) is 12.8. The molecule has 0 spiro atoms. The van der Waals surface area contributed by atoms with Crippen molar-refractivity contribution in [2.75, 3.05) is 5.32 Å². The van der Waals surface area contributed by atoms with Gasteiger partial charge in [0.2, 0.25) is 0 Å². The molecule has 0 aliphatic heterocycles.